The van der Waals surface area contributed by atoms with Gasteiger partial charge in [0.25, 0.3) is 5.91 Å². The van der Waals surface area contributed by atoms with Gasteiger partial charge < -0.3 is 25.3 Å². The third-order valence-corrected chi connectivity index (χ3v) is 10.4. The van der Waals surface area contributed by atoms with Gasteiger partial charge in [0.1, 0.15) is 13.1 Å². The average molecular weight is 651 g/mol. The van der Waals surface area contributed by atoms with Crippen LogP contribution in [0, 0.1) is 6.92 Å². The first kappa shape index (κ1) is 33.6. The van der Waals surface area contributed by atoms with Crippen molar-refractivity contribution >= 4 is 40.9 Å². The standard InChI is InChI=1S/C34H46N6O5S/c1-24-28-21-29(41)36-27(12-6-7-15-35-33(45)25-10-4-2-5-11-25)20-30(42)40(22-31(43)38-16-8-3-9-17-38)23-32(44)39-18-13-26(14-19-39)34(37-28)46-24/h2,4-5,10-11,26-27H,3,6-9,12-23H2,1H3,(H,35,45)(H,36,41)/t27-/m0/s1. The molecule has 1 aromatic carbocycles. The van der Waals surface area contributed by atoms with Crippen LogP contribution in [0.4, 0.5) is 0 Å². The minimum absolute atomic E-state index is 0.0218. The lowest BCUT2D eigenvalue weighted by atomic mass is 9.97. The number of carbonyl (C=O) groups is 5. The number of thiazole rings is 1. The fourth-order valence-corrected chi connectivity index (χ4v) is 7.58. The first-order valence-electron chi connectivity index (χ1n) is 16.7. The predicted molar refractivity (Wildman–Crippen MR) is 175 cm³/mol. The molecule has 5 heterocycles. The van der Waals surface area contributed by atoms with E-state index in [0.717, 1.165) is 47.7 Å². The van der Waals surface area contributed by atoms with Crippen molar-refractivity contribution in [3.63, 3.8) is 0 Å². The molecule has 12 heteroatoms. The Hall–Kier alpha value is -3.80. The number of piperidine rings is 2. The highest BCUT2D eigenvalue weighted by atomic mass is 32.1. The van der Waals surface area contributed by atoms with Gasteiger partial charge in [-0.15, -0.1) is 11.3 Å². The van der Waals surface area contributed by atoms with E-state index in [9.17, 15) is 24.0 Å². The molecule has 2 N–H and O–H groups in total. The molecule has 4 bridgehead atoms. The highest BCUT2D eigenvalue weighted by molar-refractivity contribution is 7.11. The summed E-state index contributed by atoms with van der Waals surface area (Å²) >= 11 is 1.62. The molecule has 0 radical (unpaired) electrons. The van der Waals surface area contributed by atoms with Gasteiger partial charge in [-0.3, -0.25) is 24.0 Å². The predicted octanol–water partition coefficient (Wildman–Crippen LogP) is 3.03. The van der Waals surface area contributed by atoms with Crippen molar-refractivity contribution in [2.24, 2.45) is 0 Å². The number of fused-ring (bicyclic) bond motifs is 10. The number of unbranched alkanes of at least 4 members (excludes halogenated alkanes) is 1. The summed E-state index contributed by atoms with van der Waals surface area (Å²) < 4.78 is 0. The number of hydrogen-bond acceptors (Lipinski definition) is 7. The van der Waals surface area contributed by atoms with Gasteiger partial charge in [-0.25, -0.2) is 4.98 Å². The number of carbonyl (C=O) groups excluding carboxylic acids is 5. The first-order valence-corrected chi connectivity index (χ1v) is 17.5. The van der Waals surface area contributed by atoms with E-state index in [1.54, 1.807) is 33.3 Å². The molecule has 0 aliphatic carbocycles. The summed E-state index contributed by atoms with van der Waals surface area (Å²) in [5.74, 6) is -0.741. The second kappa shape index (κ2) is 16.2. The number of nitrogens with one attached hydrogen (secondary N) is 2. The second-order valence-electron chi connectivity index (χ2n) is 12.7. The summed E-state index contributed by atoms with van der Waals surface area (Å²) in [6.07, 6.45) is 6.46. The highest BCUT2D eigenvalue weighted by Gasteiger charge is 2.31. The minimum Gasteiger partial charge on any atom is -0.353 e. The molecule has 0 saturated carbocycles. The average Bonchev–Trinajstić information content (AvgIpc) is 3.43. The van der Waals surface area contributed by atoms with Crippen LogP contribution in [0.2, 0.25) is 0 Å². The SMILES string of the molecule is Cc1sc2nc1CC(=O)N[C@@H](CCCCNC(=O)c1ccccc1)CC(=O)N(CC(=O)N1CCCCC1)CC(=O)N1CCC2CC1. The largest absolute Gasteiger partial charge is 0.353 e. The summed E-state index contributed by atoms with van der Waals surface area (Å²) in [6.45, 7) is 4.62. The molecule has 4 aliphatic rings. The molecule has 248 valence electrons. The van der Waals surface area contributed by atoms with E-state index in [-0.39, 0.29) is 61.4 Å². The Labute approximate surface area is 275 Å². The van der Waals surface area contributed by atoms with Crippen molar-refractivity contribution in [2.75, 3.05) is 45.8 Å². The molecule has 11 nitrogen and oxygen atoms in total. The van der Waals surface area contributed by atoms with E-state index in [1.165, 1.54) is 4.90 Å². The third-order valence-electron chi connectivity index (χ3n) is 9.23. The maximum absolute atomic E-state index is 13.8. The van der Waals surface area contributed by atoms with Gasteiger partial charge >= 0.3 is 0 Å². The van der Waals surface area contributed by atoms with Crippen LogP contribution in [-0.4, -0.2) is 101 Å². The van der Waals surface area contributed by atoms with Gasteiger partial charge in [0.05, 0.1) is 17.1 Å². The molecular formula is C34H46N6O5S. The smallest absolute Gasteiger partial charge is 0.251 e. The van der Waals surface area contributed by atoms with Gasteiger partial charge in [0.2, 0.25) is 23.6 Å². The number of likely N-dealkylation sites (tertiary alicyclic amines) is 1. The van der Waals surface area contributed by atoms with Crippen LogP contribution in [0.1, 0.15) is 89.6 Å². The zero-order valence-electron chi connectivity index (χ0n) is 26.8. The lowest BCUT2D eigenvalue weighted by Gasteiger charge is -2.34. The maximum Gasteiger partial charge on any atom is 0.251 e. The third kappa shape index (κ3) is 9.14. The quantitative estimate of drug-likeness (QED) is 0.423. The lowest BCUT2D eigenvalue weighted by molar-refractivity contribution is -0.146. The van der Waals surface area contributed by atoms with Gasteiger partial charge in [-0.2, -0.15) is 0 Å². The van der Waals surface area contributed by atoms with Crippen LogP contribution in [0.3, 0.4) is 0 Å². The van der Waals surface area contributed by atoms with E-state index in [4.69, 9.17) is 4.98 Å². The zero-order valence-corrected chi connectivity index (χ0v) is 27.6. The summed E-state index contributed by atoms with van der Waals surface area (Å²) in [4.78, 5) is 77.2. The van der Waals surface area contributed by atoms with E-state index in [1.807, 2.05) is 25.1 Å². The molecular weight excluding hydrogens is 604 g/mol. The normalized spacial score (nSPS) is 21.3. The van der Waals surface area contributed by atoms with Gasteiger partial charge in [-0.05, 0) is 70.4 Å². The van der Waals surface area contributed by atoms with Crippen molar-refractivity contribution in [3.05, 3.63) is 51.5 Å². The van der Waals surface area contributed by atoms with Gasteiger partial charge in [-0.1, -0.05) is 18.2 Å². The summed E-state index contributed by atoms with van der Waals surface area (Å²) in [5, 5.41) is 7.00. The van der Waals surface area contributed by atoms with Crippen LogP contribution in [-0.2, 0) is 25.6 Å². The van der Waals surface area contributed by atoms with Crippen molar-refractivity contribution < 1.29 is 24.0 Å². The molecule has 4 aliphatic heterocycles. The molecule has 2 aromatic rings. The van der Waals surface area contributed by atoms with Crippen LogP contribution >= 0.6 is 11.3 Å². The number of rotatable bonds is 8. The van der Waals surface area contributed by atoms with Crippen molar-refractivity contribution in [3.8, 4) is 0 Å². The van der Waals surface area contributed by atoms with E-state index >= 15 is 0 Å². The fourth-order valence-electron chi connectivity index (χ4n) is 6.47. The second-order valence-corrected chi connectivity index (χ2v) is 13.9. The van der Waals surface area contributed by atoms with Crippen LogP contribution in [0.5, 0.6) is 0 Å². The molecule has 5 amide bonds. The number of aryl methyl sites for hydroxylation is 1. The number of amides is 5. The Morgan fingerprint density at radius 1 is 0.978 bits per heavy atom. The van der Waals surface area contributed by atoms with E-state index < -0.39 is 6.04 Å². The van der Waals surface area contributed by atoms with Crippen LogP contribution < -0.4 is 10.6 Å². The Kier molecular flexibility index (Phi) is 11.8. The minimum atomic E-state index is -0.490. The number of hydrogen-bond donors (Lipinski definition) is 2. The molecule has 46 heavy (non-hydrogen) atoms. The summed E-state index contributed by atoms with van der Waals surface area (Å²) in [7, 11) is 0. The van der Waals surface area contributed by atoms with E-state index in [0.29, 0.717) is 57.5 Å². The summed E-state index contributed by atoms with van der Waals surface area (Å²) in [6, 6.07) is 8.53. The monoisotopic (exact) mass is 650 g/mol. The van der Waals surface area contributed by atoms with Crippen molar-refractivity contribution in [1.82, 2.24) is 30.3 Å². The topological polar surface area (TPSA) is 132 Å². The highest BCUT2D eigenvalue weighted by Crippen LogP contribution is 2.33. The Morgan fingerprint density at radius 2 is 1.72 bits per heavy atom. The van der Waals surface area contributed by atoms with Crippen molar-refractivity contribution in [1.29, 1.82) is 0 Å². The molecule has 0 spiro atoms. The molecule has 6 rings (SSSR count). The molecule has 1 atom stereocenters. The van der Waals surface area contributed by atoms with E-state index in [2.05, 4.69) is 10.6 Å². The van der Waals surface area contributed by atoms with Crippen molar-refractivity contribution in [2.45, 2.75) is 83.1 Å². The van der Waals surface area contributed by atoms with Crippen LogP contribution in [0.15, 0.2) is 30.3 Å². The molecule has 2 fully saturated rings. The first-order chi connectivity index (χ1) is 22.3. The lowest BCUT2D eigenvalue weighted by Crippen LogP contribution is -2.51. The summed E-state index contributed by atoms with van der Waals surface area (Å²) in [5.41, 5.74) is 1.35. The van der Waals surface area contributed by atoms with Gasteiger partial charge in [0.15, 0.2) is 0 Å². The number of benzene rings is 1. The Balaban J connectivity index is 1.28. The fraction of sp³-hybridized carbons (Fsp3) is 0.588. The number of aromatic nitrogens is 1. The Morgan fingerprint density at radius 3 is 2.46 bits per heavy atom. The Bertz CT molecular complexity index is 1380. The molecule has 1 aromatic heterocycles. The maximum atomic E-state index is 13.8. The van der Waals surface area contributed by atoms with Gasteiger partial charge in [0, 0.05) is 61.5 Å². The molecule has 0 unspecified atom stereocenters. The molecule has 2 saturated heterocycles. The number of nitrogens with zero attached hydrogens (tertiary/aromatic N) is 4. The zero-order chi connectivity index (χ0) is 32.5. The van der Waals surface area contributed by atoms with Crippen LogP contribution in [0.25, 0.3) is 0 Å².